The Labute approximate surface area is 213 Å². The number of hydrogen-bond donors (Lipinski definition) is 1. The molecule has 0 aromatic heterocycles. The zero-order valence-electron chi connectivity index (χ0n) is 18.6. The highest BCUT2D eigenvalue weighted by Crippen LogP contribution is 2.28. The smallest absolute Gasteiger partial charge is 0.264 e. The Morgan fingerprint density at radius 3 is 2.38 bits per heavy atom. The van der Waals surface area contributed by atoms with Gasteiger partial charge in [0.05, 0.1) is 10.6 Å². The van der Waals surface area contributed by atoms with E-state index in [4.69, 9.17) is 0 Å². The second-order valence-corrected chi connectivity index (χ2v) is 11.1. The second-order valence-electron chi connectivity index (χ2n) is 8.00. The van der Waals surface area contributed by atoms with Gasteiger partial charge in [-0.1, -0.05) is 18.2 Å². The summed E-state index contributed by atoms with van der Waals surface area (Å²) < 4.78 is 28.8. The van der Waals surface area contributed by atoms with Crippen molar-refractivity contribution in [2.45, 2.75) is 24.7 Å². The lowest BCUT2D eigenvalue weighted by atomic mass is 10.1. The fourth-order valence-electron chi connectivity index (χ4n) is 3.91. The summed E-state index contributed by atoms with van der Waals surface area (Å²) in [5, 5.41) is 2.80. The van der Waals surface area contributed by atoms with E-state index in [1.54, 1.807) is 59.5 Å². The third-order valence-electron chi connectivity index (χ3n) is 5.58. The first-order chi connectivity index (χ1) is 16.3. The van der Waals surface area contributed by atoms with E-state index in [-0.39, 0.29) is 17.3 Å². The van der Waals surface area contributed by atoms with Gasteiger partial charge in [0.2, 0.25) is 11.8 Å². The van der Waals surface area contributed by atoms with Crippen LogP contribution in [0.4, 0.5) is 17.1 Å². The van der Waals surface area contributed by atoms with E-state index in [1.807, 2.05) is 13.0 Å². The Bertz CT molecular complexity index is 1310. The number of nitrogens with one attached hydrogen (secondary N) is 1. The third kappa shape index (κ3) is 5.25. The molecule has 0 saturated carbocycles. The lowest BCUT2D eigenvalue weighted by molar-refractivity contribution is -0.117. The molecule has 3 aromatic rings. The standard InChI is InChI=1S/C25H24IN3O4S/c1-18-16-20(11-14-23(18)28-15-5-8-25(28)31)27-24(30)17-29(21-12-9-19(26)10-13-21)34(32,33)22-6-3-2-4-7-22/h2-4,6-7,9-14,16H,5,8,15,17H2,1H3,(H,27,30). The van der Waals surface area contributed by atoms with Crippen molar-refractivity contribution >= 4 is 61.5 Å². The summed E-state index contributed by atoms with van der Waals surface area (Å²) in [5.41, 5.74) is 2.63. The molecule has 3 aromatic carbocycles. The van der Waals surface area contributed by atoms with E-state index in [1.165, 1.54) is 12.1 Å². The molecule has 1 aliphatic rings. The Morgan fingerprint density at radius 1 is 1.06 bits per heavy atom. The van der Waals surface area contributed by atoms with E-state index in [0.29, 0.717) is 24.3 Å². The highest BCUT2D eigenvalue weighted by Gasteiger charge is 2.27. The van der Waals surface area contributed by atoms with Crippen molar-refractivity contribution in [2.24, 2.45) is 0 Å². The number of amides is 2. The van der Waals surface area contributed by atoms with Gasteiger partial charge in [0, 0.05) is 27.9 Å². The number of carbonyl (C=O) groups excluding carboxylic acids is 2. The molecule has 1 saturated heterocycles. The fourth-order valence-corrected chi connectivity index (χ4v) is 5.71. The van der Waals surface area contributed by atoms with Gasteiger partial charge in [0.15, 0.2) is 0 Å². The highest BCUT2D eigenvalue weighted by molar-refractivity contribution is 14.1. The van der Waals surface area contributed by atoms with Crippen LogP contribution in [0.25, 0.3) is 0 Å². The predicted molar refractivity (Wildman–Crippen MR) is 142 cm³/mol. The number of nitrogens with zero attached hydrogens (tertiary/aromatic N) is 2. The van der Waals surface area contributed by atoms with Crippen molar-refractivity contribution in [3.05, 3.63) is 81.9 Å². The SMILES string of the molecule is Cc1cc(NC(=O)CN(c2ccc(I)cc2)S(=O)(=O)c2ccccc2)ccc1N1CCCC1=O. The van der Waals surface area contributed by atoms with Gasteiger partial charge in [-0.2, -0.15) is 0 Å². The summed E-state index contributed by atoms with van der Waals surface area (Å²) in [7, 11) is -3.96. The molecule has 34 heavy (non-hydrogen) atoms. The first kappa shape index (κ1) is 24.2. The number of halogens is 1. The van der Waals surface area contributed by atoms with Gasteiger partial charge in [-0.25, -0.2) is 8.42 Å². The van der Waals surface area contributed by atoms with E-state index in [2.05, 4.69) is 27.9 Å². The summed E-state index contributed by atoms with van der Waals surface area (Å²) in [5.74, 6) is -0.373. The van der Waals surface area contributed by atoms with Crippen LogP contribution in [0, 0.1) is 10.5 Å². The molecule has 1 fully saturated rings. The molecule has 0 radical (unpaired) electrons. The Balaban J connectivity index is 1.57. The minimum absolute atomic E-state index is 0.0965. The lowest BCUT2D eigenvalue weighted by Gasteiger charge is -2.24. The topological polar surface area (TPSA) is 86.8 Å². The maximum absolute atomic E-state index is 13.4. The molecule has 0 aliphatic carbocycles. The van der Waals surface area contributed by atoms with Gasteiger partial charge in [-0.3, -0.25) is 13.9 Å². The molecule has 0 unspecified atom stereocenters. The van der Waals surface area contributed by atoms with Crippen LogP contribution in [0.1, 0.15) is 18.4 Å². The van der Waals surface area contributed by atoms with Gasteiger partial charge in [-0.05, 0) is 96.1 Å². The van der Waals surface area contributed by atoms with Gasteiger partial charge in [-0.15, -0.1) is 0 Å². The molecule has 7 nitrogen and oxygen atoms in total. The van der Waals surface area contributed by atoms with Crippen molar-refractivity contribution < 1.29 is 18.0 Å². The molecule has 0 spiro atoms. The van der Waals surface area contributed by atoms with Gasteiger partial charge < -0.3 is 10.2 Å². The van der Waals surface area contributed by atoms with Crippen molar-refractivity contribution in [1.29, 1.82) is 0 Å². The van der Waals surface area contributed by atoms with Crippen LogP contribution in [0.3, 0.4) is 0 Å². The molecule has 176 valence electrons. The molecule has 0 atom stereocenters. The summed E-state index contributed by atoms with van der Waals surface area (Å²) in [6.45, 7) is 2.19. The summed E-state index contributed by atoms with van der Waals surface area (Å²) in [6, 6.07) is 20.3. The average molecular weight is 589 g/mol. The largest absolute Gasteiger partial charge is 0.325 e. The molecule has 1 aliphatic heterocycles. The summed E-state index contributed by atoms with van der Waals surface area (Å²) in [4.78, 5) is 26.9. The monoisotopic (exact) mass is 589 g/mol. The maximum Gasteiger partial charge on any atom is 0.264 e. The van der Waals surface area contributed by atoms with E-state index < -0.39 is 15.9 Å². The van der Waals surface area contributed by atoms with Crippen LogP contribution in [-0.4, -0.2) is 33.3 Å². The van der Waals surface area contributed by atoms with E-state index >= 15 is 0 Å². The predicted octanol–water partition coefficient (Wildman–Crippen LogP) is 4.56. The second kappa shape index (κ2) is 10.1. The molecular formula is C25H24IN3O4S. The van der Waals surface area contributed by atoms with Crippen molar-refractivity contribution in [3.63, 3.8) is 0 Å². The molecule has 0 bridgehead atoms. The minimum atomic E-state index is -3.96. The Kier molecular flexibility index (Phi) is 7.22. The number of carbonyl (C=O) groups is 2. The fraction of sp³-hybridized carbons (Fsp3) is 0.200. The molecule has 2 amide bonds. The first-order valence-electron chi connectivity index (χ1n) is 10.8. The zero-order chi connectivity index (χ0) is 24.3. The summed E-state index contributed by atoms with van der Waals surface area (Å²) in [6.07, 6.45) is 1.38. The first-order valence-corrected chi connectivity index (χ1v) is 13.3. The summed E-state index contributed by atoms with van der Waals surface area (Å²) >= 11 is 2.14. The highest BCUT2D eigenvalue weighted by atomic mass is 127. The molecular weight excluding hydrogens is 565 g/mol. The average Bonchev–Trinajstić information content (AvgIpc) is 3.24. The number of hydrogen-bond acceptors (Lipinski definition) is 4. The number of benzene rings is 3. The van der Waals surface area contributed by atoms with Crippen molar-refractivity contribution in [1.82, 2.24) is 0 Å². The molecule has 9 heteroatoms. The van der Waals surface area contributed by atoms with E-state index in [0.717, 1.165) is 25.5 Å². The number of anilines is 3. The molecule has 1 heterocycles. The van der Waals surface area contributed by atoms with Gasteiger partial charge in [0.25, 0.3) is 10.0 Å². The number of rotatable bonds is 7. The van der Waals surface area contributed by atoms with Crippen LogP contribution < -0.4 is 14.5 Å². The normalized spacial score (nSPS) is 13.7. The minimum Gasteiger partial charge on any atom is -0.325 e. The van der Waals surface area contributed by atoms with Crippen LogP contribution in [0.15, 0.2) is 77.7 Å². The Morgan fingerprint density at radius 2 is 1.76 bits per heavy atom. The lowest BCUT2D eigenvalue weighted by Crippen LogP contribution is -2.38. The van der Waals surface area contributed by atoms with Gasteiger partial charge in [0.1, 0.15) is 6.54 Å². The van der Waals surface area contributed by atoms with Crippen LogP contribution >= 0.6 is 22.6 Å². The quantitative estimate of drug-likeness (QED) is 0.410. The van der Waals surface area contributed by atoms with Crippen LogP contribution in [0.5, 0.6) is 0 Å². The van der Waals surface area contributed by atoms with Crippen molar-refractivity contribution in [2.75, 3.05) is 27.6 Å². The third-order valence-corrected chi connectivity index (χ3v) is 8.09. The maximum atomic E-state index is 13.4. The molecule has 4 rings (SSSR count). The van der Waals surface area contributed by atoms with Crippen LogP contribution in [-0.2, 0) is 19.6 Å². The van der Waals surface area contributed by atoms with Gasteiger partial charge >= 0.3 is 0 Å². The number of aryl methyl sites for hydroxylation is 1. The zero-order valence-corrected chi connectivity index (χ0v) is 21.5. The molecule has 1 N–H and O–H groups in total. The van der Waals surface area contributed by atoms with Crippen molar-refractivity contribution in [3.8, 4) is 0 Å². The van der Waals surface area contributed by atoms with E-state index in [9.17, 15) is 18.0 Å². The van der Waals surface area contributed by atoms with Crippen LogP contribution in [0.2, 0.25) is 0 Å². The number of sulfonamides is 1. The Hall–Kier alpha value is -2.92.